The minimum atomic E-state index is -4.42. The van der Waals surface area contributed by atoms with E-state index in [2.05, 4.69) is 4.90 Å². The van der Waals surface area contributed by atoms with Crippen molar-refractivity contribution in [1.29, 1.82) is 0 Å². The fraction of sp³-hybridized carbons (Fsp3) is 0.364. The molecule has 216 valence electrons. The number of carboxylic acids is 1. The molecule has 2 aliphatic rings. The number of fused-ring (bicyclic) bond motifs is 1. The maximum Gasteiger partial charge on any atom is 0.393 e. The lowest BCUT2D eigenvalue weighted by Crippen LogP contribution is -2.47. The molecular formula is C33H32F5NO2. The Labute approximate surface area is 236 Å². The Balaban J connectivity index is 1.54. The summed E-state index contributed by atoms with van der Waals surface area (Å²) < 4.78 is 67.3. The molecule has 0 saturated carbocycles. The first-order chi connectivity index (χ1) is 19.6. The zero-order valence-corrected chi connectivity index (χ0v) is 22.6. The van der Waals surface area contributed by atoms with Gasteiger partial charge in [0.1, 0.15) is 5.82 Å². The molecule has 1 fully saturated rings. The van der Waals surface area contributed by atoms with E-state index in [4.69, 9.17) is 0 Å². The maximum atomic E-state index is 15.3. The van der Waals surface area contributed by atoms with Crippen LogP contribution in [0.25, 0.3) is 11.1 Å². The highest BCUT2D eigenvalue weighted by Crippen LogP contribution is 2.41. The topological polar surface area (TPSA) is 40.5 Å². The van der Waals surface area contributed by atoms with Crippen LogP contribution in [0.4, 0.5) is 22.0 Å². The average molecular weight is 570 g/mol. The molecule has 0 spiro atoms. The van der Waals surface area contributed by atoms with E-state index in [0.29, 0.717) is 42.7 Å². The Kier molecular flexibility index (Phi) is 8.59. The lowest BCUT2D eigenvalue weighted by Gasteiger charge is -2.39. The van der Waals surface area contributed by atoms with Crippen LogP contribution in [0.2, 0.25) is 0 Å². The molecule has 0 amide bonds. The van der Waals surface area contributed by atoms with Gasteiger partial charge >= 0.3 is 12.1 Å². The Morgan fingerprint density at radius 1 is 0.927 bits per heavy atom. The zero-order chi connectivity index (χ0) is 29.1. The van der Waals surface area contributed by atoms with E-state index in [-0.39, 0.29) is 23.4 Å². The smallest absolute Gasteiger partial charge is 0.393 e. The van der Waals surface area contributed by atoms with Crippen LogP contribution in [0, 0.1) is 11.7 Å². The van der Waals surface area contributed by atoms with Crippen molar-refractivity contribution in [3.8, 4) is 0 Å². The van der Waals surface area contributed by atoms with Crippen LogP contribution in [-0.2, 0) is 19.3 Å². The van der Waals surface area contributed by atoms with Gasteiger partial charge < -0.3 is 10.0 Å². The molecule has 3 aromatic rings. The molecule has 0 bridgehead atoms. The maximum absolute atomic E-state index is 15.3. The van der Waals surface area contributed by atoms with Gasteiger partial charge in [-0.25, -0.2) is 9.18 Å². The molecular weight excluding hydrogens is 537 g/mol. The van der Waals surface area contributed by atoms with Crippen molar-refractivity contribution in [2.24, 2.45) is 5.92 Å². The van der Waals surface area contributed by atoms with Crippen LogP contribution >= 0.6 is 0 Å². The fourth-order valence-corrected chi connectivity index (χ4v) is 6.08. The van der Waals surface area contributed by atoms with Crippen molar-refractivity contribution >= 4 is 17.1 Å². The van der Waals surface area contributed by atoms with Crippen molar-refractivity contribution in [2.45, 2.75) is 44.7 Å². The monoisotopic (exact) mass is 569 g/mol. The van der Waals surface area contributed by atoms with Gasteiger partial charge in [0, 0.05) is 25.2 Å². The molecule has 3 aromatic carbocycles. The molecule has 0 unspecified atom stereocenters. The predicted molar refractivity (Wildman–Crippen MR) is 149 cm³/mol. The van der Waals surface area contributed by atoms with Crippen LogP contribution in [0.1, 0.15) is 63.0 Å². The highest BCUT2D eigenvalue weighted by atomic mass is 19.4. The van der Waals surface area contributed by atoms with Gasteiger partial charge in [0.05, 0.1) is 18.7 Å². The van der Waals surface area contributed by atoms with E-state index in [1.807, 2.05) is 24.3 Å². The number of allylic oxidation sites excluding steroid dienone is 1. The molecule has 1 aliphatic heterocycles. The fourth-order valence-electron chi connectivity index (χ4n) is 6.08. The lowest BCUT2D eigenvalue weighted by molar-refractivity contribution is -0.127. The van der Waals surface area contributed by atoms with Crippen LogP contribution in [0.5, 0.6) is 0 Å². The summed E-state index contributed by atoms with van der Waals surface area (Å²) in [5.74, 6) is -1.14. The van der Waals surface area contributed by atoms with E-state index in [1.165, 1.54) is 18.2 Å². The van der Waals surface area contributed by atoms with Crippen molar-refractivity contribution in [2.75, 3.05) is 26.3 Å². The second-order valence-corrected chi connectivity index (χ2v) is 11.1. The quantitative estimate of drug-likeness (QED) is 0.268. The molecule has 1 heterocycles. The highest BCUT2D eigenvalue weighted by molar-refractivity contribution is 6.00. The van der Waals surface area contributed by atoms with E-state index in [9.17, 15) is 27.5 Å². The van der Waals surface area contributed by atoms with Crippen LogP contribution in [-0.4, -0.2) is 48.5 Å². The highest BCUT2D eigenvalue weighted by Gasteiger charge is 2.29. The third-order valence-electron chi connectivity index (χ3n) is 7.96. The Bertz CT molecular complexity index is 1440. The summed E-state index contributed by atoms with van der Waals surface area (Å²) in [4.78, 5) is 13.9. The first-order valence-electron chi connectivity index (χ1n) is 13.9. The van der Waals surface area contributed by atoms with E-state index < -0.39 is 24.4 Å². The molecule has 1 saturated heterocycles. The number of benzene rings is 3. The molecule has 8 heteroatoms. The summed E-state index contributed by atoms with van der Waals surface area (Å²) in [5.41, 5.74) is 5.13. The normalized spacial score (nSPS) is 16.3. The molecule has 1 aliphatic carbocycles. The average Bonchev–Trinajstić information content (AvgIpc) is 3.09. The van der Waals surface area contributed by atoms with Gasteiger partial charge in [-0.15, -0.1) is 0 Å². The molecule has 0 atom stereocenters. The number of halogens is 5. The number of hydrogen-bond acceptors (Lipinski definition) is 2. The number of aromatic carboxylic acids is 1. The number of carbonyl (C=O) groups is 1. The molecule has 0 radical (unpaired) electrons. The van der Waals surface area contributed by atoms with Gasteiger partial charge in [-0.2, -0.15) is 13.2 Å². The van der Waals surface area contributed by atoms with Gasteiger partial charge in [-0.05, 0) is 101 Å². The van der Waals surface area contributed by atoms with Gasteiger partial charge in [0.25, 0.3) is 0 Å². The summed E-state index contributed by atoms with van der Waals surface area (Å²) in [7, 11) is 0. The van der Waals surface area contributed by atoms with Gasteiger partial charge in [0.2, 0.25) is 0 Å². The summed E-state index contributed by atoms with van der Waals surface area (Å²) in [6, 6.07) is 16.4. The zero-order valence-electron chi connectivity index (χ0n) is 22.6. The van der Waals surface area contributed by atoms with E-state index >= 15 is 4.39 Å². The molecule has 3 nitrogen and oxygen atoms in total. The largest absolute Gasteiger partial charge is 0.478 e. The number of likely N-dealkylation sites (tertiary alicyclic amines) is 1. The molecule has 41 heavy (non-hydrogen) atoms. The number of alkyl halides is 4. The molecule has 0 aromatic heterocycles. The number of carboxylic acid groups (broad SMARTS) is 1. The summed E-state index contributed by atoms with van der Waals surface area (Å²) in [5, 5.41) is 9.54. The SMILES string of the molecule is O=C(O)c1ccc2c(c1)CCCC(c1cc(CC(F)(F)F)ccc1F)=C2c1ccc(CC2CN(CCCF)C2)cc1. The number of nitrogens with zero attached hydrogens (tertiary/aromatic N) is 1. The Hall–Kier alpha value is -3.52. The van der Waals surface area contributed by atoms with Crippen molar-refractivity contribution in [3.63, 3.8) is 0 Å². The third-order valence-corrected chi connectivity index (χ3v) is 7.96. The van der Waals surface area contributed by atoms with Gasteiger partial charge in [-0.1, -0.05) is 36.4 Å². The van der Waals surface area contributed by atoms with E-state index in [0.717, 1.165) is 54.4 Å². The minimum Gasteiger partial charge on any atom is -0.478 e. The van der Waals surface area contributed by atoms with Crippen molar-refractivity contribution in [1.82, 2.24) is 4.90 Å². The summed E-state index contributed by atoms with van der Waals surface area (Å²) in [6.45, 7) is 2.33. The minimum absolute atomic E-state index is 0.0112. The summed E-state index contributed by atoms with van der Waals surface area (Å²) in [6.07, 6.45) is -2.56. The molecule has 1 N–H and O–H groups in total. The standard InChI is InChI=1S/C33H32F5NO2/c34-13-2-14-39-19-23(20-39)15-21-5-8-24(9-6-21)31-27-11-10-26(32(40)41)17-25(27)3-1-4-28(31)29-16-22(7-12-30(29)35)18-33(36,37)38/h5-12,16-17,23H,1-4,13-15,18-20H2,(H,40,41). The second-order valence-electron chi connectivity index (χ2n) is 11.1. The van der Waals surface area contributed by atoms with Crippen molar-refractivity contribution in [3.05, 3.63) is 105 Å². The second kappa shape index (κ2) is 12.1. The third kappa shape index (κ3) is 6.87. The van der Waals surface area contributed by atoms with Crippen LogP contribution < -0.4 is 0 Å². The van der Waals surface area contributed by atoms with Crippen molar-refractivity contribution < 1.29 is 31.9 Å². The number of aryl methyl sites for hydroxylation is 1. The van der Waals surface area contributed by atoms with E-state index in [1.54, 1.807) is 12.1 Å². The Morgan fingerprint density at radius 3 is 2.34 bits per heavy atom. The predicted octanol–water partition coefficient (Wildman–Crippen LogP) is 7.76. The summed E-state index contributed by atoms with van der Waals surface area (Å²) >= 11 is 0. The lowest BCUT2D eigenvalue weighted by atomic mass is 9.85. The Morgan fingerprint density at radius 2 is 1.66 bits per heavy atom. The molecule has 5 rings (SSSR count). The van der Waals surface area contributed by atoms with Crippen LogP contribution in [0.3, 0.4) is 0 Å². The number of rotatable bonds is 9. The van der Waals surface area contributed by atoms with Gasteiger partial charge in [-0.3, -0.25) is 4.39 Å². The first kappa shape index (κ1) is 29.0. The van der Waals surface area contributed by atoms with Gasteiger partial charge in [0.15, 0.2) is 0 Å². The number of hydrogen-bond donors (Lipinski definition) is 1. The van der Waals surface area contributed by atoms with Crippen LogP contribution in [0.15, 0.2) is 60.7 Å². The first-order valence-corrected chi connectivity index (χ1v) is 13.9.